The highest BCUT2D eigenvalue weighted by molar-refractivity contribution is 6.17. The number of nitrogens with zero attached hydrogens (tertiary/aromatic N) is 3. The van der Waals surface area contributed by atoms with Crippen molar-refractivity contribution in [1.82, 2.24) is 0 Å². The van der Waals surface area contributed by atoms with E-state index in [0.717, 1.165) is 17.7 Å². The maximum absolute atomic E-state index is 11.1. The van der Waals surface area contributed by atoms with Crippen LogP contribution in [0.15, 0.2) is 47.6 Å². The topological polar surface area (TPSA) is 129 Å². The van der Waals surface area contributed by atoms with Gasteiger partial charge in [0.2, 0.25) is 0 Å². The van der Waals surface area contributed by atoms with E-state index in [2.05, 4.69) is 10.5 Å². The second kappa shape index (κ2) is 10.8. The van der Waals surface area contributed by atoms with Crippen molar-refractivity contribution < 1.29 is 19.3 Å². The quantitative estimate of drug-likeness (QED) is 0.198. The standard InChI is InChI=1S/C17H17ClN4O6/c18-7-8-27-9-10-28-15-4-1-13(2-5-15)12-19-20-16-6-3-14(21(23)24)11-17(16)22(25)26/h1-6,11-12,20H,7-10H2. The number of hydrogen-bond acceptors (Lipinski definition) is 8. The van der Waals surface area contributed by atoms with Gasteiger partial charge in [-0.3, -0.25) is 25.7 Å². The third-order valence-corrected chi connectivity index (χ3v) is 3.54. The molecule has 0 aliphatic heterocycles. The summed E-state index contributed by atoms with van der Waals surface area (Å²) < 4.78 is 10.7. The summed E-state index contributed by atoms with van der Waals surface area (Å²) in [5, 5.41) is 25.7. The van der Waals surface area contributed by atoms with Crippen molar-refractivity contribution in [3.8, 4) is 5.75 Å². The van der Waals surface area contributed by atoms with Gasteiger partial charge in [-0.2, -0.15) is 5.10 Å². The first-order valence-electron chi connectivity index (χ1n) is 8.09. The molecule has 148 valence electrons. The molecule has 0 atom stereocenters. The Morgan fingerprint density at radius 3 is 2.43 bits per heavy atom. The highest BCUT2D eigenvalue weighted by Crippen LogP contribution is 2.28. The molecule has 0 aliphatic carbocycles. The molecule has 0 heterocycles. The molecule has 0 saturated heterocycles. The summed E-state index contributed by atoms with van der Waals surface area (Å²) in [6.07, 6.45) is 1.46. The molecule has 0 aliphatic rings. The molecule has 1 N–H and O–H groups in total. The Bertz CT molecular complexity index is 844. The van der Waals surface area contributed by atoms with Crippen LogP contribution >= 0.6 is 11.6 Å². The van der Waals surface area contributed by atoms with Gasteiger partial charge in [-0.05, 0) is 35.9 Å². The molecule has 0 aromatic heterocycles. The Balaban J connectivity index is 1.94. The molecule has 11 heteroatoms. The summed E-state index contributed by atoms with van der Waals surface area (Å²) >= 11 is 5.50. The van der Waals surface area contributed by atoms with Crippen molar-refractivity contribution in [3.05, 3.63) is 68.3 Å². The number of benzene rings is 2. The summed E-state index contributed by atoms with van der Waals surface area (Å²) in [7, 11) is 0. The minimum absolute atomic E-state index is 0.0451. The molecule has 10 nitrogen and oxygen atoms in total. The van der Waals surface area contributed by atoms with Crippen LogP contribution in [0.4, 0.5) is 17.1 Å². The van der Waals surface area contributed by atoms with Gasteiger partial charge in [0.05, 0.1) is 35.3 Å². The number of nitro groups is 2. The van der Waals surface area contributed by atoms with E-state index in [1.807, 2.05) is 0 Å². The third kappa shape index (κ3) is 6.49. The Hall–Kier alpha value is -3.24. The van der Waals surface area contributed by atoms with Crippen LogP contribution in [0, 0.1) is 20.2 Å². The number of alkyl halides is 1. The number of anilines is 1. The normalized spacial score (nSPS) is 10.8. The van der Waals surface area contributed by atoms with Crippen LogP contribution in [0.25, 0.3) is 0 Å². The highest BCUT2D eigenvalue weighted by Gasteiger charge is 2.19. The van der Waals surface area contributed by atoms with Gasteiger partial charge in [0.15, 0.2) is 0 Å². The zero-order valence-corrected chi connectivity index (χ0v) is 15.4. The molecular weight excluding hydrogens is 392 g/mol. The van der Waals surface area contributed by atoms with Gasteiger partial charge in [-0.1, -0.05) is 0 Å². The average Bonchev–Trinajstić information content (AvgIpc) is 2.69. The Kier molecular flexibility index (Phi) is 8.12. The van der Waals surface area contributed by atoms with Crippen LogP contribution < -0.4 is 10.2 Å². The van der Waals surface area contributed by atoms with Gasteiger partial charge in [0.1, 0.15) is 18.0 Å². The molecule has 2 aromatic carbocycles. The molecule has 0 fully saturated rings. The van der Waals surface area contributed by atoms with E-state index in [0.29, 0.717) is 31.5 Å². The molecule has 28 heavy (non-hydrogen) atoms. The summed E-state index contributed by atoms with van der Waals surface area (Å²) in [4.78, 5) is 20.4. The number of hydrogen-bond donors (Lipinski definition) is 1. The van der Waals surface area contributed by atoms with E-state index >= 15 is 0 Å². The van der Waals surface area contributed by atoms with Crippen molar-refractivity contribution in [2.75, 3.05) is 31.1 Å². The van der Waals surface area contributed by atoms with E-state index in [1.54, 1.807) is 24.3 Å². The lowest BCUT2D eigenvalue weighted by Gasteiger charge is -2.06. The van der Waals surface area contributed by atoms with Crippen molar-refractivity contribution in [2.24, 2.45) is 5.10 Å². The van der Waals surface area contributed by atoms with E-state index in [9.17, 15) is 20.2 Å². The molecule has 2 rings (SSSR count). The number of non-ortho nitro benzene ring substituents is 1. The van der Waals surface area contributed by atoms with Crippen molar-refractivity contribution in [3.63, 3.8) is 0 Å². The summed E-state index contributed by atoms with van der Waals surface area (Å²) in [5.41, 5.74) is 2.49. The molecule has 0 saturated carbocycles. The second-order valence-corrected chi connectivity index (χ2v) is 5.68. The SMILES string of the molecule is O=[N+]([O-])c1ccc(NN=Cc2ccc(OCCOCCCl)cc2)c([N+](=O)[O-])c1. The highest BCUT2D eigenvalue weighted by atomic mass is 35.5. The smallest absolute Gasteiger partial charge is 0.301 e. The number of ether oxygens (including phenoxy) is 2. The number of hydrazone groups is 1. The summed E-state index contributed by atoms with van der Waals surface area (Å²) in [6.45, 7) is 1.31. The zero-order valence-electron chi connectivity index (χ0n) is 14.6. The number of rotatable bonds is 11. The van der Waals surface area contributed by atoms with Crippen LogP contribution in [0.5, 0.6) is 5.75 Å². The molecule has 0 bridgehead atoms. The molecule has 0 unspecified atom stereocenters. The second-order valence-electron chi connectivity index (χ2n) is 5.30. The van der Waals surface area contributed by atoms with Crippen LogP contribution in [0.1, 0.15) is 5.56 Å². The first kappa shape index (κ1) is 21.1. The minimum Gasteiger partial charge on any atom is -0.491 e. The van der Waals surface area contributed by atoms with Gasteiger partial charge in [0.25, 0.3) is 5.69 Å². The van der Waals surface area contributed by atoms with Gasteiger partial charge < -0.3 is 9.47 Å². The third-order valence-electron chi connectivity index (χ3n) is 3.39. The molecule has 0 radical (unpaired) electrons. The maximum atomic E-state index is 11.1. The Morgan fingerprint density at radius 2 is 1.79 bits per heavy atom. The molecule has 2 aromatic rings. The van der Waals surface area contributed by atoms with Gasteiger partial charge in [-0.25, -0.2) is 0 Å². The lowest BCUT2D eigenvalue weighted by atomic mass is 10.2. The van der Waals surface area contributed by atoms with Gasteiger partial charge in [-0.15, -0.1) is 11.6 Å². The summed E-state index contributed by atoms with van der Waals surface area (Å²) in [5.74, 6) is 1.09. The fourth-order valence-corrected chi connectivity index (χ4v) is 2.19. The largest absolute Gasteiger partial charge is 0.491 e. The fourth-order valence-electron chi connectivity index (χ4n) is 2.08. The molecule has 0 amide bonds. The van der Waals surface area contributed by atoms with E-state index in [4.69, 9.17) is 21.1 Å². The monoisotopic (exact) mass is 408 g/mol. The Labute approximate surface area is 165 Å². The lowest BCUT2D eigenvalue weighted by Crippen LogP contribution is -2.07. The lowest BCUT2D eigenvalue weighted by molar-refractivity contribution is -0.393. The van der Waals surface area contributed by atoms with Gasteiger partial charge in [0, 0.05) is 11.9 Å². The minimum atomic E-state index is -0.714. The Morgan fingerprint density at radius 1 is 1.04 bits per heavy atom. The fraction of sp³-hybridized carbons (Fsp3) is 0.235. The number of nitro benzene ring substituents is 2. The number of halogens is 1. The maximum Gasteiger partial charge on any atom is 0.301 e. The van der Waals surface area contributed by atoms with Crippen molar-refractivity contribution >= 4 is 34.9 Å². The van der Waals surface area contributed by atoms with Crippen molar-refractivity contribution in [2.45, 2.75) is 0 Å². The van der Waals surface area contributed by atoms with E-state index in [1.165, 1.54) is 12.3 Å². The van der Waals surface area contributed by atoms with E-state index < -0.39 is 15.5 Å². The molecular formula is C17H17ClN4O6. The predicted octanol–water partition coefficient (Wildman–Crippen LogP) is 3.58. The van der Waals surface area contributed by atoms with Crippen LogP contribution in [0.3, 0.4) is 0 Å². The average molecular weight is 409 g/mol. The van der Waals surface area contributed by atoms with Crippen molar-refractivity contribution in [1.29, 1.82) is 0 Å². The van der Waals surface area contributed by atoms with E-state index in [-0.39, 0.29) is 11.4 Å². The first-order valence-corrected chi connectivity index (χ1v) is 8.63. The molecule has 0 spiro atoms. The summed E-state index contributed by atoms with van der Waals surface area (Å²) in [6, 6.07) is 10.3. The van der Waals surface area contributed by atoms with Crippen LogP contribution in [-0.4, -0.2) is 41.8 Å². The first-order chi connectivity index (χ1) is 13.5. The predicted molar refractivity (Wildman–Crippen MR) is 104 cm³/mol. The van der Waals surface area contributed by atoms with Crippen LogP contribution in [-0.2, 0) is 4.74 Å². The zero-order chi connectivity index (χ0) is 20.4. The van der Waals surface area contributed by atoms with Crippen LogP contribution in [0.2, 0.25) is 0 Å². The van der Waals surface area contributed by atoms with Gasteiger partial charge >= 0.3 is 5.69 Å². The number of nitrogens with one attached hydrogen (secondary N) is 1.